The van der Waals surface area contributed by atoms with Gasteiger partial charge >= 0.3 is 0 Å². The molecule has 1 amide bonds. The summed E-state index contributed by atoms with van der Waals surface area (Å²) in [7, 11) is 0. The molecular weight excluding hydrogens is 90.1 g/mol. The van der Waals surface area contributed by atoms with Crippen molar-refractivity contribution in [1.29, 1.82) is 0 Å². The van der Waals surface area contributed by atoms with E-state index in [-0.39, 0.29) is 11.3 Å². The van der Waals surface area contributed by atoms with Crippen molar-refractivity contribution in [2.24, 2.45) is 0 Å². The molecule has 0 aromatic heterocycles. The van der Waals surface area contributed by atoms with E-state index in [1.165, 1.54) is 6.92 Å². The topological polar surface area (TPSA) is 20.3 Å². The molecule has 0 saturated heterocycles. The van der Waals surface area contributed by atoms with Crippen LogP contribution in [0.3, 0.4) is 0 Å². The lowest BCUT2D eigenvalue weighted by Gasteiger charge is -2.05. The Labute approximate surface area is 52.6 Å². The van der Waals surface area contributed by atoms with Crippen molar-refractivity contribution in [3.63, 3.8) is 0 Å². The normalized spacial score (nSPS) is 24.7. The monoisotopic (exact) mass is 107 g/mol. The fourth-order valence-electron chi connectivity index (χ4n) is 0.158. The first-order chi connectivity index (χ1) is 5.60. The molecule has 2 heteroatoms. The average Bonchev–Trinajstić information content (AvgIpc) is 1.80. The first-order valence-corrected chi connectivity index (χ1v) is 1.94. The summed E-state index contributed by atoms with van der Waals surface area (Å²) in [5, 5.41) is 0. The Bertz CT molecular complexity index is 180. The van der Waals surface area contributed by atoms with Crippen LogP contribution in [0.5, 0.6) is 0 Å². The van der Waals surface area contributed by atoms with Crippen LogP contribution in [0.15, 0.2) is 0 Å². The van der Waals surface area contributed by atoms with Crippen LogP contribution in [0.2, 0.25) is 0 Å². The molecule has 0 N–H and O–H groups in total. The molecule has 0 rings (SSSR count). The highest BCUT2D eigenvalue weighted by molar-refractivity contribution is 5.75. The summed E-state index contributed by atoms with van der Waals surface area (Å²) in [6.45, 7) is -4.40. The van der Waals surface area contributed by atoms with Crippen LogP contribution in [0.1, 0.15) is 21.6 Å². The zero-order chi connectivity index (χ0) is 10.9. The van der Waals surface area contributed by atoms with E-state index in [1.807, 2.05) is 0 Å². The summed E-state index contributed by atoms with van der Waals surface area (Å²) < 4.78 is 41.1. The minimum atomic E-state index is -2.90. The van der Waals surface area contributed by atoms with E-state index in [0.717, 1.165) is 0 Å². The molecule has 7 heavy (non-hydrogen) atoms. The van der Waals surface area contributed by atoms with E-state index in [9.17, 15) is 4.79 Å². The van der Waals surface area contributed by atoms with Crippen molar-refractivity contribution >= 4 is 5.91 Å². The molecular formula is C5H11NO. The van der Waals surface area contributed by atoms with Gasteiger partial charge in [0.1, 0.15) is 0 Å². The molecule has 0 radical (unpaired) electrons. The Morgan fingerprint density at radius 2 is 2.43 bits per heavy atom. The van der Waals surface area contributed by atoms with Gasteiger partial charge in [-0.3, -0.25) is 4.79 Å². The van der Waals surface area contributed by atoms with Crippen LogP contribution >= 0.6 is 0 Å². The number of nitrogens with zero attached hydrogens (tertiary/aromatic N) is 1. The first kappa shape index (κ1) is 1.47. The Morgan fingerprint density at radius 1 is 1.86 bits per heavy atom. The number of hydrogen-bond acceptors (Lipinski definition) is 1. The maximum atomic E-state index is 11.0. The second kappa shape index (κ2) is 2.61. The van der Waals surface area contributed by atoms with Crippen LogP contribution in [0.25, 0.3) is 0 Å². The fraction of sp³-hybridized carbons (Fsp3) is 0.800. The number of carbonyl (C=O) groups is 1. The highest BCUT2D eigenvalue weighted by Crippen LogP contribution is 1.81. The first-order valence-electron chi connectivity index (χ1n) is 4.94. The predicted molar refractivity (Wildman–Crippen MR) is 29.0 cm³/mol. The number of amides is 1. The third-order valence-electron chi connectivity index (χ3n) is 0.552. The standard InChI is InChI=1S/C5H11NO/c1-4-5(7)6(2)3/h4H2,1-3H3/i2D3,3D3. The fourth-order valence-corrected chi connectivity index (χ4v) is 0.158. The maximum absolute atomic E-state index is 11.0. The van der Waals surface area contributed by atoms with E-state index >= 15 is 0 Å². The molecule has 0 heterocycles. The molecule has 0 bridgehead atoms. The molecule has 0 aliphatic carbocycles. The van der Waals surface area contributed by atoms with Gasteiger partial charge in [-0.05, 0) is 0 Å². The zero-order valence-corrected chi connectivity index (χ0v) is 4.06. The summed E-state index contributed by atoms with van der Waals surface area (Å²) in [4.78, 5) is 11.0. The van der Waals surface area contributed by atoms with Gasteiger partial charge in [0.25, 0.3) is 0 Å². The van der Waals surface area contributed by atoms with E-state index in [0.29, 0.717) is 0 Å². The molecule has 0 unspecified atom stereocenters. The highest BCUT2D eigenvalue weighted by Gasteiger charge is 1.95. The second-order valence-corrected chi connectivity index (χ2v) is 1.08. The molecule has 2 nitrogen and oxygen atoms in total. The number of carbonyl (C=O) groups excluding carboxylic acids is 1. The van der Waals surface area contributed by atoms with Gasteiger partial charge in [-0.25, -0.2) is 0 Å². The van der Waals surface area contributed by atoms with Gasteiger partial charge in [-0.15, -0.1) is 0 Å². The lowest BCUT2D eigenvalue weighted by atomic mass is 10.4. The summed E-state index contributed by atoms with van der Waals surface area (Å²) in [5.41, 5.74) is 0. The van der Waals surface area contributed by atoms with E-state index in [4.69, 9.17) is 8.22 Å². The van der Waals surface area contributed by atoms with Gasteiger partial charge in [0.05, 0.1) is 0 Å². The van der Waals surface area contributed by atoms with Crippen molar-refractivity contribution in [2.45, 2.75) is 13.3 Å². The van der Waals surface area contributed by atoms with Crippen LogP contribution < -0.4 is 0 Å². The predicted octanol–water partition coefficient (Wildman–Crippen LogP) is 0.485. The number of rotatable bonds is 1. The van der Waals surface area contributed by atoms with Crippen LogP contribution in [-0.4, -0.2) is 24.8 Å². The molecule has 42 valence electrons. The molecule has 0 spiro atoms. The third-order valence-corrected chi connectivity index (χ3v) is 0.552. The van der Waals surface area contributed by atoms with E-state index in [1.54, 1.807) is 0 Å². The van der Waals surface area contributed by atoms with Crippen molar-refractivity contribution in [3.05, 3.63) is 0 Å². The minimum Gasteiger partial charge on any atom is -0.349 e. The lowest BCUT2D eigenvalue weighted by molar-refractivity contribution is -0.128. The molecule has 0 aliphatic rings. The van der Waals surface area contributed by atoms with Gasteiger partial charge in [0.15, 0.2) is 0 Å². The summed E-state index contributed by atoms with van der Waals surface area (Å²) in [5.74, 6) is -0.903. The zero-order valence-electron chi connectivity index (χ0n) is 10.1. The van der Waals surface area contributed by atoms with Crippen molar-refractivity contribution in [2.75, 3.05) is 14.0 Å². The minimum absolute atomic E-state index is 0.0417. The van der Waals surface area contributed by atoms with Crippen LogP contribution in [-0.2, 0) is 4.79 Å². The SMILES string of the molecule is [2H]C([2H])([2H])N(C(=O)CC)C([2H])([2H])[2H]. The second-order valence-electron chi connectivity index (χ2n) is 1.08. The summed E-state index contributed by atoms with van der Waals surface area (Å²) in [6.07, 6.45) is -0.142. The lowest BCUT2D eigenvalue weighted by Crippen LogP contribution is -2.19. The molecule has 0 saturated carbocycles. The average molecular weight is 107 g/mol. The maximum Gasteiger partial charge on any atom is 0.221 e. The van der Waals surface area contributed by atoms with E-state index < -0.39 is 19.9 Å². The Morgan fingerprint density at radius 3 is 2.57 bits per heavy atom. The summed E-state index contributed by atoms with van der Waals surface area (Å²) in [6, 6.07) is 0. The van der Waals surface area contributed by atoms with Crippen LogP contribution in [0, 0.1) is 0 Å². The van der Waals surface area contributed by atoms with Crippen molar-refractivity contribution < 1.29 is 13.0 Å². The smallest absolute Gasteiger partial charge is 0.221 e. The van der Waals surface area contributed by atoms with Gasteiger partial charge in [0, 0.05) is 28.6 Å². The Balaban J connectivity index is 4.89. The van der Waals surface area contributed by atoms with Gasteiger partial charge in [-0.2, -0.15) is 0 Å². The quantitative estimate of drug-likeness (QED) is 0.477. The Hall–Kier alpha value is -0.530. The van der Waals surface area contributed by atoms with Gasteiger partial charge in [-0.1, -0.05) is 6.92 Å². The number of hydrogen-bond donors (Lipinski definition) is 0. The Kier molecular flexibility index (Phi) is 0.549. The molecule has 0 aromatic rings. The highest BCUT2D eigenvalue weighted by atomic mass is 16.2. The molecule has 0 aliphatic heterocycles. The summed E-state index contributed by atoms with van der Waals surface area (Å²) >= 11 is 0. The van der Waals surface area contributed by atoms with Gasteiger partial charge < -0.3 is 4.90 Å². The molecule has 0 aromatic carbocycles. The molecule has 0 fully saturated rings. The van der Waals surface area contributed by atoms with Crippen molar-refractivity contribution in [3.8, 4) is 0 Å². The third kappa shape index (κ3) is 2.20. The van der Waals surface area contributed by atoms with Crippen molar-refractivity contribution in [1.82, 2.24) is 4.90 Å². The largest absolute Gasteiger partial charge is 0.349 e. The van der Waals surface area contributed by atoms with Gasteiger partial charge in [0.2, 0.25) is 5.91 Å². The van der Waals surface area contributed by atoms with Crippen LogP contribution in [0.4, 0.5) is 0 Å². The molecule has 0 atom stereocenters. The van der Waals surface area contributed by atoms with E-state index in [2.05, 4.69) is 0 Å².